The van der Waals surface area contributed by atoms with Crippen LogP contribution in [0.2, 0.25) is 0 Å². The summed E-state index contributed by atoms with van der Waals surface area (Å²) in [6, 6.07) is 14.1. The molecular weight excluding hydrogens is 338 g/mol. The Balaban J connectivity index is 1.37. The average molecular weight is 358 g/mol. The first-order valence-corrected chi connectivity index (χ1v) is 8.72. The first-order chi connectivity index (χ1) is 12.7. The molecule has 0 spiro atoms. The SMILES string of the molecule is FC(F)c1nnc2ccc(NC3CCN(Cc4ccccc4)CC3)nn12. The van der Waals surface area contributed by atoms with Crippen LogP contribution in [0.3, 0.4) is 0 Å². The lowest BCUT2D eigenvalue weighted by Crippen LogP contribution is -2.38. The van der Waals surface area contributed by atoms with Crippen molar-refractivity contribution in [3.8, 4) is 0 Å². The van der Waals surface area contributed by atoms with Gasteiger partial charge in [0.15, 0.2) is 5.65 Å². The van der Waals surface area contributed by atoms with E-state index in [4.69, 9.17) is 0 Å². The Morgan fingerprint density at radius 3 is 2.54 bits per heavy atom. The summed E-state index contributed by atoms with van der Waals surface area (Å²) in [5, 5.41) is 14.8. The molecule has 0 aliphatic carbocycles. The number of fused-ring (bicyclic) bond motifs is 1. The van der Waals surface area contributed by atoms with Crippen molar-refractivity contribution in [2.24, 2.45) is 0 Å². The third kappa shape index (κ3) is 3.65. The van der Waals surface area contributed by atoms with Crippen molar-refractivity contribution in [3.63, 3.8) is 0 Å². The van der Waals surface area contributed by atoms with E-state index >= 15 is 0 Å². The fourth-order valence-electron chi connectivity index (χ4n) is 3.30. The second-order valence-electron chi connectivity index (χ2n) is 6.53. The minimum Gasteiger partial charge on any atom is -0.366 e. The van der Waals surface area contributed by atoms with E-state index in [0.717, 1.165) is 37.0 Å². The van der Waals surface area contributed by atoms with Crippen LogP contribution in [0.15, 0.2) is 42.5 Å². The lowest BCUT2D eigenvalue weighted by atomic mass is 10.0. The molecule has 136 valence electrons. The van der Waals surface area contributed by atoms with Crippen LogP contribution in [0.1, 0.15) is 30.7 Å². The molecule has 0 radical (unpaired) electrons. The second kappa shape index (κ2) is 7.33. The van der Waals surface area contributed by atoms with E-state index < -0.39 is 12.2 Å². The third-order valence-corrected chi connectivity index (χ3v) is 4.67. The normalized spacial score (nSPS) is 16.4. The number of rotatable bonds is 5. The lowest BCUT2D eigenvalue weighted by Gasteiger charge is -2.32. The molecule has 3 aromatic rings. The molecule has 1 N–H and O–H groups in total. The first kappa shape index (κ1) is 16.8. The number of nitrogens with zero attached hydrogens (tertiary/aromatic N) is 5. The Bertz CT molecular complexity index is 859. The minimum absolute atomic E-state index is 0.276. The molecule has 3 heterocycles. The van der Waals surface area contributed by atoms with Gasteiger partial charge in [0.25, 0.3) is 6.43 Å². The number of halogens is 2. The van der Waals surface area contributed by atoms with Crippen LogP contribution >= 0.6 is 0 Å². The van der Waals surface area contributed by atoms with Crippen molar-refractivity contribution in [3.05, 3.63) is 53.9 Å². The summed E-state index contributed by atoms with van der Waals surface area (Å²) in [7, 11) is 0. The van der Waals surface area contributed by atoms with Gasteiger partial charge in [0.2, 0.25) is 5.82 Å². The Morgan fingerprint density at radius 2 is 1.81 bits per heavy atom. The van der Waals surface area contributed by atoms with Crippen molar-refractivity contribution >= 4 is 11.5 Å². The molecule has 6 nitrogen and oxygen atoms in total. The lowest BCUT2D eigenvalue weighted by molar-refractivity contribution is 0.137. The number of benzene rings is 1. The van der Waals surface area contributed by atoms with Gasteiger partial charge in [-0.2, -0.15) is 4.52 Å². The summed E-state index contributed by atoms with van der Waals surface area (Å²) in [5.74, 6) is 0.141. The van der Waals surface area contributed by atoms with Crippen molar-refractivity contribution < 1.29 is 8.78 Å². The molecule has 1 fully saturated rings. The van der Waals surface area contributed by atoms with Gasteiger partial charge in [-0.15, -0.1) is 15.3 Å². The summed E-state index contributed by atoms with van der Waals surface area (Å²) in [4.78, 5) is 2.43. The highest BCUT2D eigenvalue weighted by molar-refractivity contribution is 5.44. The van der Waals surface area contributed by atoms with Gasteiger partial charge in [0.1, 0.15) is 5.82 Å². The zero-order valence-electron chi connectivity index (χ0n) is 14.2. The van der Waals surface area contributed by atoms with E-state index in [1.165, 1.54) is 5.56 Å². The second-order valence-corrected chi connectivity index (χ2v) is 6.53. The topological polar surface area (TPSA) is 58.4 Å². The zero-order chi connectivity index (χ0) is 17.9. The fraction of sp³-hybridized carbons (Fsp3) is 0.389. The molecule has 0 unspecified atom stereocenters. The summed E-state index contributed by atoms with van der Waals surface area (Å²) in [6.07, 6.45) is -0.735. The van der Waals surface area contributed by atoms with Gasteiger partial charge in [0.05, 0.1) is 0 Å². The predicted octanol–water partition coefficient (Wildman–Crippen LogP) is 3.14. The Kier molecular flexibility index (Phi) is 4.75. The molecule has 8 heteroatoms. The minimum atomic E-state index is -2.70. The molecule has 0 atom stereocenters. The van der Waals surface area contributed by atoms with Gasteiger partial charge in [-0.3, -0.25) is 4.90 Å². The van der Waals surface area contributed by atoms with Gasteiger partial charge in [-0.1, -0.05) is 30.3 Å². The van der Waals surface area contributed by atoms with Crippen LogP contribution in [0, 0.1) is 0 Å². The summed E-state index contributed by atoms with van der Waals surface area (Å²) in [5.41, 5.74) is 1.64. The van der Waals surface area contributed by atoms with E-state index in [0.29, 0.717) is 11.5 Å². The van der Waals surface area contributed by atoms with E-state index in [2.05, 4.69) is 49.8 Å². The third-order valence-electron chi connectivity index (χ3n) is 4.67. The van der Waals surface area contributed by atoms with Gasteiger partial charge < -0.3 is 5.32 Å². The van der Waals surface area contributed by atoms with Gasteiger partial charge in [-0.25, -0.2) is 8.78 Å². The highest BCUT2D eigenvalue weighted by atomic mass is 19.3. The molecule has 1 aliphatic rings. The van der Waals surface area contributed by atoms with E-state index in [9.17, 15) is 8.78 Å². The van der Waals surface area contributed by atoms with E-state index in [-0.39, 0.29) is 6.04 Å². The highest BCUT2D eigenvalue weighted by Gasteiger charge is 2.21. The van der Waals surface area contributed by atoms with Gasteiger partial charge in [0, 0.05) is 25.7 Å². The molecule has 26 heavy (non-hydrogen) atoms. The fourth-order valence-corrected chi connectivity index (χ4v) is 3.30. The number of piperidine rings is 1. The van der Waals surface area contributed by atoms with Crippen molar-refractivity contribution in [2.75, 3.05) is 18.4 Å². The number of hydrogen-bond acceptors (Lipinski definition) is 5. The molecular formula is C18H20F2N6. The molecule has 0 bridgehead atoms. The zero-order valence-corrected chi connectivity index (χ0v) is 14.2. The molecule has 1 saturated heterocycles. The van der Waals surface area contributed by atoms with Crippen LogP contribution in [0.25, 0.3) is 5.65 Å². The molecule has 0 saturated carbocycles. The van der Waals surface area contributed by atoms with Crippen molar-refractivity contribution in [1.29, 1.82) is 0 Å². The molecule has 4 rings (SSSR count). The predicted molar refractivity (Wildman–Crippen MR) is 94.1 cm³/mol. The number of hydrogen-bond donors (Lipinski definition) is 1. The van der Waals surface area contributed by atoms with Crippen LogP contribution in [-0.4, -0.2) is 43.8 Å². The molecule has 2 aromatic heterocycles. The van der Waals surface area contributed by atoms with Crippen molar-refractivity contribution in [1.82, 2.24) is 24.7 Å². The largest absolute Gasteiger partial charge is 0.366 e. The first-order valence-electron chi connectivity index (χ1n) is 8.72. The maximum atomic E-state index is 13.0. The van der Waals surface area contributed by atoms with Crippen LogP contribution in [0.5, 0.6) is 0 Å². The number of alkyl halides is 2. The molecule has 1 aromatic carbocycles. The highest BCUT2D eigenvalue weighted by Crippen LogP contribution is 2.20. The van der Waals surface area contributed by atoms with Gasteiger partial charge >= 0.3 is 0 Å². The standard InChI is InChI=1S/C18H20F2N6/c19-17(20)18-23-22-16-7-6-15(24-26(16)18)21-14-8-10-25(11-9-14)12-13-4-2-1-3-5-13/h1-7,14,17H,8-12H2,(H,21,24). The maximum Gasteiger partial charge on any atom is 0.299 e. The number of likely N-dealkylation sites (tertiary alicyclic amines) is 1. The molecule has 1 aliphatic heterocycles. The monoisotopic (exact) mass is 358 g/mol. The van der Waals surface area contributed by atoms with E-state index in [1.54, 1.807) is 12.1 Å². The molecule has 0 amide bonds. The number of aromatic nitrogens is 4. The smallest absolute Gasteiger partial charge is 0.299 e. The Morgan fingerprint density at radius 1 is 1.04 bits per heavy atom. The van der Waals surface area contributed by atoms with Crippen LogP contribution in [0.4, 0.5) is 14.6 Å². The van der Waals surface area contributed by atoms with Crippen LogP contribution in [-0.2, 0) is 6.54 Å². The van der Waals surface area contributed by atoms with Crippen molar-refractivity contribution in [2.45, 2.75) is 31.9 Å². The van der Waals surface area contributed by atoms with Crippen LogP contribution < -0.4 is 5.32 Å². The van der Waals surface area contributed by atoms with Gasteiger partial charge in [-0.05, 0) is 30.5 Å². The summed E-state index contributed by atoms with van der Waals surface area (Å²) < 4.78 is 27.0. The Hall–Kier alpha value is -2.61. The maximum absolute atomic E-state index is 13.0. The summed E-state index contributed by atoms with van der Waals surface area (Å²) >= 11 is 0. The Labute approximate surface area is 149 Å². The number of anilines is 1. The van der Waals surface area contributed by atoms with E-state index in [1.807, 2.05) is 6.07 Å². The quantitative estimate of drug-likeness (QED) is 0.759. The summed E-state index contributed by atoms with van der Waals surface area (Å²) in [6.45, 7) is 2.93. The number of nitrogens with one attached hydrogen (secondary N) is 1. The average Bonchev–Trinajstić information content (AvgIpc) is 3.08.